The number of thioether (sulfide) groups is 1. The summed E-state index contributed by atoms with van der Waals surface area (Å²) in [6, 6.07) is 0. The molecule has 0 heterocycles. The van der Waals surface area contributed by atoms with Crippen molar-refractivity contribution in [3.8, 4) is 0 Å². The maximum Gasteiger partial charge on any atom is 0.305 e. The van der Waals surface area contributed by atoms with E-state index in [2.05, 4.69) is 16.3 Å². The van der Waals surface area contributed by atoms with Gasteiger partial charge in [-0.15, -0.1) is 0 Å². The van der Waals surface area contributed by atoms with Crippen molar-refractivity contribution in [1.82, 2.24) is 5.32 Å². The van der Waals surface area contributed by atoms with Crippen LogP contribution in [0.2, 0.25) is 0 Å². The van der Waals surface area contributed by atoms with E-state index in [0.717, 1.165) is 19.5 Å². The Hall–Kier alpha value is -0.220. The molecule has 1 aliphatic rings. The Bertz CT molecular complexity index is 215. The van der Waals surface area contributed by atoms with E-state index in [1.165, 1.54) is 32.8 Å². The molecule has 0 aromatic carbocycles. The third kappa shape index (κ3) is 4.34. The van der Waals surface area contributed by atoms with E-state index < -0.39 is 0 Å². The van der Waals surface area contributed by atoms with Crippen molar-refractivity contribution in [2.24, 2.45) is 0 Å². The van der Waals surface area contributed by atoms with Crippen LogP contribution < -0.4 is 5.32 Å². The molecule has 1 rings (SSSR count). The zero-order chi connectivity index (χ0) is 11.9. The summed E-state index contributed by atoms with van der Waals surface area (Å²) in [6.07, 6.45) is 9.00. The quantitative estimate of drug-likeness (QED) is 0.551. The molecule has 4 heteroatoms. The number of rotatable bonds is 7. The minimum Gasteiger partial charge on any atom is -0.469 e. The van der Waals surface area contributed by atoms with Crippen LogP contribution in [0.4, 0.5) is 0 Å². The number of ether oxygens (including phenoxy) is 1. The molecular weight excluding hydrogens is 222 g/mol. The van der Waals surface area contributed by atoms with Gasteiger partial charge < -0.3 is 10.1 Å². The number of nitrogens with one attached hydrogen (secondary N) is 1. The average Bonchev–Trinajstić information content (AvgIpc) is 2.77. The van der Waals surface area contributed by atoms with Gasteiger partial charge in [0.1, 0.15) is 0 Å². The standard InChI is InChI=1S/C12H23NO2S/c1-15-11(14)6-5-9-13-10-12(16-2)7-3-4-8-12/h13H,3-10H2,1-2H3. The van der Waals surface area contributed by atoms with Gasteiger partial charge in [-0.3, -0.25) is 4.79 Å². The van der Waals surface area contributed by atoms with E-state index in [9.17, 15) is 4.79 Å². The molecule has 0 unspecified atom stereocenters. The van der Waals surface area contributed by atoms with Crippen LogP contribution in [-0.2, 0) is 9.53 Å². The lowest BCUT2D eigenvalue weighted by Crippen LogP contribution is -2.35. The summed E-state index contributed by atoms with van der Waals surface area (Å²) in [7, 11) is 1.44. The molecular formula is C12H23NO2S. The van der Waals surface area contributed by atoms with Crippen LogP contribution in [0, 0.1) is 0 Å². The number of carbonyl (C=O) groups is 1. The summed E-state index contributed by atoms with van der Waals surface area (Å²) in [4.78, 5) is 10.9. The van der Waals surface area contributed by atoms with Crippen LogP contribution in [0.3, 0.4) is 0 Å². The van der Waals surface area contributed by atoms with Gasteiger partial charge in [0.15, 0.2) is 0 Å². The molecule has 1 N–H and O–H groups in total. The van der Waals surface area contributed by atoms with Crippen LogP contribution >= 0.6 is 11.8 Å². The maximum atomic E-state index is 10.9. The zero-order valence-corrected chi connectivity index (χ0v) is 11.2. The Labute approximate surface area is 103 Å². The summed E-state index contributed by atoms with van der Waals surface area (Å²) >= 11 is 1.99. The summed E-state index contributed by atoms with van der Waals surface area (Å²) in [5, 5.41) is 3.47. The second-order valence-electron chi connectivity index (χ2n) is 4.45. The zero-order valence-electron chi connectivity index (χ0n) is 10.4. The van der Waals surface area contributed by atoms with Crippen molar-refractivity contribution in [2.45, 2.75) is 43.3 Å². The number of hydrogen-bond acceptors (Lipinski definition) is 4. The van der Waals surface area contributed by atoms with Crippen molar-refractivity contribution in [2.75, 3.05) is 26.5 Å². The molecule has 1 fully saturated rings. The van der Waals surface area contributed by atoms with Gasteiger partial charge in [0.2, 0.25) is 0 Å². The minimum atomic E-state index is -0.109. The maximum absolute atomic E-state index is 10.9. The van der Waals surface area contributed by atoms with Crippen molar-refractivity contribution < 1.29 is 9.53 Å². The highest BCUT2D eigenvalue weighted by Gasteiger charge is 2.32. The van der Waals surface area contributed by atoms with Crippen LogP contribution in [-0.4, -0.2) is 37.2 Å². The van der Waals surface area contributed by atoms with E-state index >= 15 is 0 Å². The first kappa shape index (κ1) is 13.8. The monoisotopic (exact) mass is 245 g/mol. The number of carbonyl (C=O) groups excluding carboxylic acids is 1. The third-order valence-electron chi connectivity index (χ3n) is 3.36. The number of methoxy groups -OCH3 is 1. The Balaban J connectivity index is 2.07. The minimum absolute atomic E-state index is 0.109. The Morgan fingerprint density at radius 1 is 1.44 bits per heavy atom. The Morgan fingerprint density at radius 2 is 2.12 bits per heavy atom. The molecule has 1 aliphatic carbocycles. The highest BCUT2D eigenvalue weighted by molar-refractivity contribution is 8.00. The normalized spacial score (nSPS) is 18.6. The van der Waals surface area contributed by atoms with Crippen molar-refractivity contribution >= 4 is 17.7 Å². The first-order valence-electron chi connectivity index (χ1n) is 6.05. The van der Waals surface area contributed by atoms with Gasteiger partial charge in [0.25, 0.3) is 0 Å². The third-order valence-corrected chi connectivity index (χ3v) is 4.78. The summed E-state index contributed by atoms with van der Waals surface area (Å²) in [5.74, 6) is -0.109. The van der Waals surface area contributed by atoms with E-state index in [1.807, 2.05) is 11.8 Å². The van der Waals surface area contributed by atoms with Crippen LogP contribution in [0.5, 0.6) is 0 Å². The predicted octanol–water partition coefficient (Wildman–Crippen LogP) is 2.20. The molecule has 0 bridgehead atoms. The van der Waals surface area contributed by atoms with Crippen LogP contribution in [0.25, 0.3) is 0 Å². The predicted molar refractivity (Wildman–Crippen MR) is 68.8 cm³/mol. The molecule has 3 nitrogen and oxygen atoms in total. The van der Waals surface area contributed by atoms with Crippen LogP contribution in [0.15, 0.2) is 0 Å². The second kappa shape index (κ2) is 7.17. The molecule has 0 radical (unpaired) electrons. The highest BCUT2D eigenvalue weighted by atomic mass is 32.2. The van der Waals surface area contributed by atoms with Gasteiger partial charge in [-0.05, 0) is 32.1 Å². The van der Waals surface area contributed by atoms with E-state index in [-0.39, 0.29) is 5.97 Å². The van der Waals surface area contributed by atoms with Gasteiger partial charge in [-0.2, -0.15) is 11.8 Å². The molecule has 0 aliphatic heterocycles. The van der Waals surface area contributed by atoms with E-state index in [0.29, 0.717) is 11.2 Å². The molecule has 0 aromatic rings. The smallest absolute Gasteiger partial charge is 0.305 e. The highest BCUT2D eigenvalue weighted by Crippen LogP contribution is 2.39. The van der Waals surface area contributed by atoms with Gasteiger partial charge in [0.05, 0.1) is 7.11 Å². The first-order valence-corrected chi connectivity index (χ1v) is 7.27. The van der Waals surface area contributed by atoms with Crippen LogP contribution in [0.1, 0.15) is 38.5 Å². The molecule has 0 atom stereocenters. The molecule has 16 heavy (non-hydrogen) atoms. The largest absolute Gasteiger partial charge is 0.469 e. The lowest BCUT2D eigenvalue weighted by atomic mass is 10.1. The Morgan fingerprint density at radius 3 is 2.69 bits per heavy atom. The van der Waals surface area contributed by atoms with Gasteiger partial charge in [0, 0.05) is 17.7 Å². The molecule has 0 aromatic heterocycles. The lowest BCUT2D eigenvalue weighted by molar-refractivity contribution is -0.140. The van der Waals surface area contributed by atoms with Gasteiger partial charge in [-0.25, -0.2) is 0 Å². The molecule has 0 saturated heterocycles. The van der Waals surface area contributed by atoms with Gasteiger partial charge in [-0.1, -0.05) is 12.8 Å². The lowest BCUT2D eigenvalue weighted by Gasteiger charge is -2.27. The fourth-order valence-corrected chi connectivity index (χ4v) is 3.19. The molecule has 0 amide bonds. The van der Waals surface area contributed by atoms with Crippen molar-refractivity contribution in [3.05, 3.63) is 0 Å². The Kier molecular flexibility index (Phi) is 6.21. The molecule has 1 saturated carbocycles. The first-order chi connectivity index (χ1) is 7.72. The van der Waals surface area contributed by atoms with Gasteiger partial charge >= 0.3 is 5.97 Å². The number of esters is 1. The number of hydrogen-bond donors (Lipinski definition) is 1. The van der Waals surface area contributed by atoms with E-state index in [1.54, 1.807) is 0 Å². The summed E-state index contributed by atoms with van der Waals surface area (Å²) < 4.78 is 5.06. The second-order valence-corrected chi connectivity index (χ2v) is 5.72. The van der Waals surface area contributed by atoms with Crippen molar-refractivity contribution in [3.63, 3.8) is 0 Å². The molecule has 94 valence electrons. The molecule has 0 spiro atoms. The topological polar surface area (TPSA) is 38.3 Å². The summed E-state index contributed by atoms with van der Waals surface area (Å²) in [6.45, 7) is 1.99. The fourth-order valence-electron chi connectivity index (χ4n) is 2.25. The summed E-state index contributed by atoms with van der Waals surface area (Å²) in [5.41, 5.74) is 0. The SMILES string of the molecule is COC(=O)CCCNCC1(SC)CCCC1. The van der Waals surface area contributed by atoms with E-state index in [4.69, 9.17) is 0 Å². The van der Waals surface area contributed by atoms with Crippen molar-refractivity contribution in [1.29, 1.82) is 0 Å². The average molecular weight is 245 g/mol. The fraction of sp³-hybridized carbons (Fsp3) is 0.917.